The van der Waals surface area contributed by atoms with Crippen LogP contribution < -0.4 is 5.32 Å². The van der Waals surface area contributed by atoms with Gasteiger partial charge < -0.3 is 5.32 Å². The molecule has 9 heteroatoms. The molecule has 0 saturated carbocycles. The monoisotopic (exact) mass is 282 g/mol. The number of nitro groups is 1. The van der Waals surface area contributed by atoms with Crippen molar-refractivity contribution in [2.75, 3.05) is 16.8 Å². The normalized spacial score (nSPS) is 20.7. The van der Waals surface area contributed by atoms with E-state index in [1.54, 1.807) is 6.07 Å². The quantitative estimate of drug-likeness (QED) is 0.630. The molecule has 0 aromatic carbocycles. The number of aromatic nitrogens is 1. The highest BCUT2D eigenvalue weighted by atomic mass is 32.2. The highest BCUT2D eigenvalue weighted by molar-refractivity contribution is 7.91. The summed E-state index contributed by atoms with van der Waals surface area (Å²) in [5.74, 6) is 0.389. The summed E-state index contributed by atoms with van der Waals surface area (Å²) in [5.41, 5.74) is -0.664. The second-order valence-electron chi connectivity index (χ2n) is 4.18. The van der Waals surface area contributed by atoms with Crippen LogP contribution in [0.3, 0.4) is 0 Å². The molecule has 1 aliphatic rings. The summed E-state index contributed by atoms with van der Waals surface area (Å²) in [5, 5.41) is 22.3. The van der Waals surface area contributed by atoms with E-state index in [0.29, 0.717) is 6.42 Å². The molecule has 0 spiro atoms. The number of hydrogen-bond donors (Lipinski definition) is 1. The summed E-state index contributed by atoms with van der Waals surface area (Å²) in [6, 6.07) is 3.92. The first-order chi connectivity index (χ1) is 8.91. The number of hydrogen-bond acceptors (Lipinski definition) is 7. The van der Waals surface area contributed by atoms with Gasteiger partial charge in [0.15, 0.2) is 9.84 Å². The van der Waals surface area contributed by atoms with E-state index in [-0.39, 0.29) is 34.7 Å². The van der Waals surface area contributed by atoms with Gasteiger partial charge in [0.25, 0.3) is 0 Å². The van der Waals surface area contributed by atoms with E-state index < -0.39 is 14.8 Å². The Balaban J connectivity index is 2.19. The lowest BCUT2D eigenvalue weighted by atomic mass is 10.2. The van der Waals surface area contributed by atoms with Gasteiger partial charge in [-0.05, 0) is 12.5 Å². The van der Waals surface area contributed by atoms with Gasteiger partial charge in [-0.1, -0.05) is 0 Å². The van der Waals surface area contributed by atoms with Gasteiger partial charge in [0.1, 0.15) is 11.9 Å². The zero-order valence-corrected chi connectivity index (χ0v) is 10.6. The number of anilines is 1. The highest BCUT2D eigenvalue weighted by Crippen LogP contribution is 2.21. The predicted molar refractivity (Wildman–Crippen MR) is 66.3 cm³/mol. The second-order valence-corrected chi connectivity index (χ2v) is 6.41. The third-order valence-electron chi connectivity index (χ3n) is 2.76. The van der Waals surface area contributed by atoms with Gasteiger partial charge in [-0.2, -0.15) is 5.26 Å². The maximum absolute atomic E-state index is 11.3. The number of nitrogens with one attached hydrogen (secondary N) is 1. The van der Waals surface area contributed by atoms with Crippen molar-refractivity contribution in [3.63, 3.8) is 0 Å². The van der Waals surface area contributed by atoms with Crippen LogP contribution in [0.2, 0.25) is 0 Å². The summed E-state index contributed by atoms with van der Waals surface area (Å²) in [7, 11) is -3.02. The fourth-order valence-corrected chi connectivity index (χ4v) is 3.55. The Kier molecular flexibility index (Phi) is 3.35. The molecule has 1 aliphatic heterocycles. The van der Waals surface area contributed by atoms with Crippen molar-refractivity contribution in [1.82, 2.24) is 4.98 Å². The number of nitrogens with zero attached hydrogens (tertiary/aromatic N) is 3. The van der Waals surface area contributed by atoms with E-state index in [9.17, 15) is 18.5 Å². The molecule has 2 heterocycles. The smallest absolute Gasteiger partial charge is 0.305 e. The molecule has 1 aromatic rings. The predicted octanol–water partition coefficient (Wildman–Crippen LogP) is 0.460. The molecule has 0 amide bonds. The molecule has 1 saturated heterocycles. The summed E-state index contributed by atoms with van der Waals surface area (Å²) in [4.78, 5) is 13.8. The van der Waals surface area contributed by atoms with Crippen LogP contribution in [0.5, 0.6) is 0 Å². The molecule has 0 bridgehead atoms. The molecule has 8 nitrogen and oxygen atoms in total. The minimum Gasteiger partial charge on any atom is -0.366 e. The average Bonchev–Trinajstić information content (AvgIpc) is 2.68. The highest BCUT2D eigenvalue weighted by Gasteiger charge is 2.28. The molecule has 19 heavy (non-hydrogen) atoms. The van der Waals surface area contributed by atoms with Gasteiger partial charge in [-0.3, -0.25) is 10.1 Å². The van der Waals surface area contributed by atoms with Crippen molar-refractivity contribution in [3.8, 4) is 6.07 Å². The molecular weight excluding hydrogens is 272 g/mol. The molecule has 1 aromatic heterocycles. The fraction of sp³-hybridized carbons (Fsp3) is 0.400. The Morgan fingerprint density at radius 1 is 1.53 bits per heavy atom. The lowest BCUT2D eigenvalue weighted by Crippen LogP contribution is -2.21. The van der Waals surface area contributed by atoms with Crippen molar-refractivity contribution in [2.45, 2.75) is 12.5 Å². The maximum atomic E-state index is 11.3. The van der Waals surface area contributed by atoms with Gasteiger partial charge in [0.2, 0.25) is 5.69 Å². The van der Waals surface area contributed by atoms with Crippen LogP contribution in [-0.4, -0.2) is 35.9 Å². The Hall–Kier alpha value is -2.21. The Morgan fingerprint density at radius 2 is 2.26 bits per heavy atom. The van der Waals surface area contributed by atoms with E-state index in [0.717, 1.165) is 0 Å². The van der Waals surface area contributed by atoms with Crippen molar-refractivity contribution in [3.05, 3.63) is 27.9 Å². The van der Waals surface area contributed by atoms with Crippen molar-refractivity contribution >= 4 is 21.3 Å². The fourth-order valence-electron chi connectivity index (χ4n) is 1.88. The van der Waals surface area contributed by atoms with Crippen LogP contribution in [-0.2, 0) is 9.84 Å². The third kappa shape index (κ3) is 2.97. The van der Waals surface area contributed by atoms with Crippen LogP contribution in [0.15, 0.2) is 12.1 Å². The number of rotatable bonds is 3. The third-order valence-corrected chi connectivity index (χ3v) is 4.53. The SMILES string of the molecule is N#Cc1nc(NC2CCS(=O)(=O)C2)ccc1[N+](=O)[O-]. The van der Waals surface area contributed by atoms with Crippen molar-refractivity contribution in [1.29, 1.82) is 5.26 Å². The number of pyridine rings is 1. The minimum atomic E-state index is -3.02. The zero-order valence-electron chi connectivity index (χ0n) is 9.74. The Morgan fingerprint density at radius 3 is 2.79 bits per heavy atom. The molecular formula is C10H10N4O4S. The van der Waals surface area contributed by atoms with E-state index in [4.69, 9.17) is 5.26 Å². The molecule has 1 unspecified atom stereocenters. The Bertz CT molecular complexity index is 665. The van der Waals surface area contributed by atoms with Crippen molar-refractivity contribution in [2.24, 2.45) is 0 Å². The number of nitriles is 1. The number of sulfone groups is 1. The topological polar surface area (TPSA) is 126 Å². The summed E-state index contributed by atoms with van der Waals surface area (Å²) in [6.07, 6.45) is 0.461. The minimum absolute atomic E-state index is 0.00749. The van der Waals surface area contributed by atoms with E-state index in [1.807, 2.05) is 0 Å². The largest absolute Gasteiger partial charge is 0.366 e. The zero-order chi connectivity index (χ0) is 14.0. The van der Waals surface area contributed by atoms with Crippen LogP contribution >= 0.6 is 0 Å². The summed E-state index contributed by atoms with van der Waals surface area (Å²) < 4.78 is 22.6. The first kappa shape index (κ1) is 13.2. The van der Waals surface area contributed by atoms with Crippen molar-refractivity contribution < 1.29 is 13.3 Å². The first-order valence-electron chi connectivity index (χ1n) is 5.44. The Labute approximate surface area is 109 Å². The second kappa shape index (κ2) is 4.81. The average molecular weight is 282 g/mol. The van der Waals surface area contributed by atoms with Crippen LogP contribution in [0.25, 0.3) is 0 Å². The van der Waals surface area contributed by atoms with Crippen LogP contribution in [0.1, 0.15) is 12.1 Å². The summed E-state index contributed by atoms with van der Waals surface area (Å²) >= 11 is 0. The van der Waals surface area contributed by atoms with E-state index >= 15 is 0 Å². The maximum Gasteiger partial charge on any atom is 0.305 e. The molecule has 1 N–H and O–H groups in total. The summed E-state index contributed by atoms with van der Waals surface area (Å²) in [6.45, 7) is 0. The first-order valence-corrected chi connectivity index (χ1v) is 7.26. The molecule has 100 valence electrons. The lowest BCUT2D eigenvalue weighted by molar-refractivity contribution is -0.385. The van der Waals surface area contributed by atoms with Gasteiger partial charge >= 0.3 is 5.69 Å². The van der Waals surface area contributed by atoms with Gasteiger partial charge in [0, 0.05) is 12.1 Å². The van der Waals surface area contributed by atoms with E-state index in [1.165, 1.54) is 12.1 Å². The molecule has 0 aliphatic carbocycles. The van der Waals surface area contributed by atoms with Gasteiger partial charge in [0.05, 0.1) is 16.4 Å². The molecule has 2 rings (SSSR count). The van der Waals surface area contributed by atoms with Crippen LogP contribution in [0, 0.1) is 21.4 Å². The molecule has 1 atom stereocenters. The molecule has 0 radical (unpaired) electrons. The standard InChI is InChI=1S/C10H10N4O4S/c11-5-8-9(14(15)16)1-2-10(13-8)12-7-3-4-19(17,18)6-7/h1-2,7H,3-4,6H2,(H,12,13). The van der Waals surface area contributed by atoms with E-state index in [2.05, 4.69) is 10.3 Å². The molecule has 1 fully saturated rings. The van der Waals surface area contributed by atoms with Gasteiger partial charge in [-0.25, -0.2) is 13.4 Å². The van der Waals surface area contributed by atoms with Gasteiger partial charge in [-0.15, -0.1) is 0 Å². The lowest BCUT2D eigenvalue weighted by Gasteiger charge is -2.11. The van der Waals surface area contributed by atoms with Crippen LogP contribution in [0.4, 0.5) is 11.5 Å².